The second-order valence-corrected chi connectivity index (χ2v) is 9.21. The van der Waals surface area contributed by atoms with E-state index in [0.717, 1.165) is 24.6 Å². The Morgan fingerprint density at radius 1 is 0.758 bits per heavy atom. The lowest BCUT2D eigenvalue weighted by Crippen LogP contribution is -2.34. The number of nitrogens with zero attached hydrogens (tertiary/aromatic N) is 1. The molecule has 0 spiro atoms. The fraction of sp³-hybridized carbons (Fsp3) is 0.333. The zero-order chi connectivity index (χ0) is 22.6. The number of likely N-dealkylation sites (tertiary alicyclic amines) is 1. The quantitative estimate of drug-likeness (QED) is 0.433. The van der Waals surface area contributed by atoms with E-state index in [1.807, 2.05) is 0 Å². The van der Waals surface area contributed by atoms with E-state index in [1.54, 1.807) is 19.8 Å². The molecule has 1 saturated carbocycles. The first-order valence-electron chi connectivity index (χ1n) is 12.1. The molecule has 1 aliphatic carbocycles. The van der Waals surface area contributed by atoms with Crippen molar-refractivity contribution in [2.75, 3.05) is 20.8 Å². The van der Waals surface area contributed by atoms with E-state index in [9.17, 15) is 0 Å². The molecule has 2 unspecified atom stereocenters. The van der Waals surface area contributed by atoms with Crippen LogP contribution in [-0.2, 0) is 6.54 Å². The van der Waals surface area contributed by atoms with Crippen LogP contribution in [0.25, 0.3) is 5.57 Å². The molecule has 1 aliphatic heterocycles. The van der Waals surface area contributed by atoms with Crippen LogP contribution in [0, 0.1) is 5.92 Å². The van der Waals surface area contributed by atoms with Gasteiger partial charge in [-0.15, -0.1) is 0 Å². The first-order chi connectivity index (χ1) is 16.3. The molecular formula is C30H33NO2. The summed E-state index contributed by atoms with van der Waals surface area (Å²) in [4.78, 5) is 2.72. The predicted octanol–water partition coefficient (Wildman–Crippen LogP) is 6.58. The molecule has 3 aromatic carbocycles. The van der Waals surface area contributed by atoms with Crippen LogP contribution in [0.15, 0.2) is 84.4 Å². The molecule has 1 saturated heterocycles. The third-order valence-corrected chi connectivity index (χ3v) is 7.33. The zero-order valence-electron chi connectivity index (χ0n) is 19.7. The molecule has 170 valence electrons. The average Bonchev–Trinajstić information content (AvgIpc) is 3.23. The normalized spacial score (nSPS) is 22.0. The van der Waals surface area contributed by atoms with Crippen molar-refractivity contribution in [3.05, 3.63) is 101 Å². The number of ether oxygens (including phenoxy) is 2. The smallest absolute Gasteiger partial charge is 0.118 e. The maximum absolute atomic E-state index is 5.43. The van der Waals surface area contributed by atoms with Crippen LogP contribution in [0.3, 0.4) is 0 Å². The maximum Gasteiger partial charge on any atom is 0.118 e. The van der Waals surface area contributed by atoms with Crippen LogP contribution in [0.5, 0.6) is 11.5 Å². The Bertz CT molecular complexity index is 1090. The van der Waals surface area contributed by atoms with Gasteiger partial charge in [0.1, 0.15) is 11.5 Å². The molecule has 0 aromatic heterocycles. The zero-order valence-corrected chi connectivity index (χ0v) is 19.7. The standard InChI is InChI=1S/C30H33NO2/c1-32-25-16-12-22(13-17-25)20-31-21-28(27-10-6-7-11-29(27)31)30(23-8-4-3-5-9-23)24-14-18-26(33-2)19-15-24/h3-5,8-9,12-19,27,29H,6-7,10-11,20-21H2,1-2H3/b30-28+. The van der Waals surface area contributed by atoms with Gasteiger partial charge < -0.3 is 9.47 Å². The molecule has 3 heteroatoms. The van der Waals surface area contributed by atoms with Crippen molar-refractivity contribution < 1.29 is 9.47 Å². The second-order valence-electron chi connectivity index (χ2n) is 9.21. The largest absolute Gasteiger partial charge is 0.497 e. The van der Waals surface area contributed by atoms with Crippen LogP contribution in [0.4, 0.5) is 0 Å². The van der Waals surface area contributed by atoms with Gasteiger partial charge in [-0.3, -0.25) is 4.90 Å². The van der Waals surface area contributed by atoms with E-state index in [4.69, 9.17) is 9.47 Å². The van der Waals surface area contributed by atoms with Crippen molar-refractivity contribution in [2.45, 2.75) is 38.3 Å². The molecule has 0 bridgehead atoms. The van der Waals surface area contributed by atoms with Gasteiger partial charge in [0, 0.05) is 19.1 Å². The van der Waals surface area contributed by atoms with E-state index in [0.29, 0.717) is 12.0 Å². The lowest BCUT2D eigenvalue weighted by atomic mass is 9.79. The summed E-state index contributed by atoms with van der Waals surface area (Å²) in [6.07, 6.45) is 5.23. The van der Waals surface area contributed by atoms with Crippen LogP contribution < -0.4 is 9.47 Å². The Hall–Kier alpha value is -3.04. The van der Waals surface area contributed by atoms with Crippen LogP contribution >= 0.6 is 0 Å². The summed E-state index contributed by atoms with van der Waals surface area (Å²) < 4.78 is 10.8. The number of hydrogen-bond donors (Lipinski definition) is 0. The molecule has 2 aliphatic rings. The molecule has 33 heavy (non-hydrogen) atoms. The lowest BCUT2D eigenvalue weighted by Gasteiger charge is -2.31. The van der Waals surface area contributed by atoms with Crippen LogP contribution in [0.1, 0.15) is 42.4 Å². The van der Waals surface area contributed by atoms with Crippen LogP contribution in [0.2, 0.25) is 0 Å². The van der Waals surface area contributed by atoms with Gasteiger partial charge in [-0.2, -0.15) is 0 Å². The fourth-order valence-corrected chi connectivity index (χ4v) is 5.71. The fourth-order valence-electron chi connectivity index (χ4n) is 5.71. The van der Waals surface area contributed by atoms with Gasteiger partial charge in [0.15, 0.2) is 0 Å². The van der Waals surface area contributed by atoms with Gasteiger partial charge in [-0.05, 0) is 70.9 Å². The van der Waals surface area contributed by atoms with Gasteiger partial charge in [0.2, 0.25) is 0 Å². The molecule has 2 fully saturated rings. The second kappa shape index (κ2) is 9.84. The summed E-state index contributed by atoms with van der Waals surface area (Å²) in [6, 6.07) is 28.7. The minimum absolute atomic E-state index is 0.618. The minimum atomic E-state index is 0.618. The highest BCUT2D eigenvalue weighted by Crippen LogP contribution is 2.45. The Kier molecular flexibility index (Phi) is 6.50. The Labute approximate surface area is 197 Å². The summed E-state index contributed by atoms with van der Waals surface area (Å²) in [5, 5.41) is 0. The highest BCUT2D eigenvalue weighted by atomic mass is 16.5. The van der Waals surface area contributed by atoms with Gasteiger partial charge in [0.25, 0.3) is 0 Å². The summed E-state index contributed by atoms with van der Waals surface area (Å²) >= 11 is 0. The molecule has 3 aromatic rings. The Morgan fingerprint density at radius 3 is 2.03 bits per heavy atom. The van der Waals surface area contributed by atoms with Crippen molar-refractivity contribution >= 4 is 5.57 Å². The number of benzene rings is 3. The molecule has 1 heterocycles. The van der Waals surface area contributed by atoms with Crippen LogP contribution in [-0.4, -0.2) is 31.7 Å². The van der Waals surface area contributed by atoms with E-state index in [1.165, 1.54) is 47.9 Å². The van der Waals surface area contributed by atoms with Gasteiger partial charge in [-0.1, -0.05) is 67.4 Å². The molecule has 5 rings (SSSR count). The molecular weight excluding hydrogens is 406 g/mol. The van der Waals surface area contributed by atoms with Crippen molar-refractivity contribution in [3.63, 3.8) is 0 Å². The number of rotatable bonds is 6. The predicted molar refractivity (Wildman–Crippen MR) is 135 cm³/mol. The summed E-state index contributed by atoms with van der Waals surface area (Å²) in [6.45, 7) is 2.01. The van der Waals surface area contributed by atoms with E-state index in [2.05, 4.69) is 83.8 Å². The van der Waals surface area contributed by atoms with Crippen molar-refractivity contribution in [1.29, 1.82) is 0 Å². The minimum Gasteiger partial charge on any atom is -0.497 e. The van der Waals surface area contributed by atoms with E-state index < -0.39 is 0 Å². The monoisotopic (exact) mass is 439 g/mol. The number of methoxy groups -OCH3 is 2. The molecule has 0 radical (unpaired) electrons. The molecule has 0 amide bonds. The first-order valence-corrected chi connectivity index (χ1v) is 12.1. The highest BCUT2D eigenvalue weighted by Gasteiger charge is 2.40. The SMILES string of the molecule is COc1ccc(CN2C/C(=C(/c3ccccc3)c3ccc(OC)cc3)C3CCCCC32)cc1. The Morgan fingerprint density at radius 2 is 1.36 bits per heavy atom. The highest BCUT2D eigenvalue weighted by molar-refractivity contribution is 5.83. The average molecular weight is 440 g/mol. The summed E-state index contributed by atoms with van der Waals surface area (Å²) in [5.74, 6) is 2.44. The van der Waals surface area contributed by atoms with E-state index in [-0.39, 0.29) is 0 Å². The van der Waals surface area contributed by atoms with Gasteiger partial charge in [0.05, 0.1) is 14.2 Å². The van der Waals surface area contributed by atoms with E-state index >= 15 is 0 Å². The molecule has 0 N–H and O–H groups in total. The summed E-state index contributed by atoms with van der Waals surface area (Å²) in [7, 11) is 3.45. The molecule has 3 nitrogen and oxygen atoms in total. The number of hydrogen-bond acceptors (Lipinski definition) is 3. The third-order valence-electron chi connectivity index (χ3n) is 7.33. The van der Waals surface area contributed by atoms with Crippen molar-refractivity contribution in [1.82, 2.24) is 4.90 Å². The first kappa shape index (κ1) is 21.8. The van der Waals surface area contributed by atoms with Gasteiger partial charge in [-0.25, -0.2) is 0 Å². The lowest BCUT2D eigenvalue weighted by molar-refractivity contribution is 0.177. The summed E-state index contributed by atoms with van der Waals surface area (Å²) in [5.41, 5.74) is 6.96. The molecule has 2 atom stereocenters. The van der Waals surface area contributed by atoms with Crippen molar-refractivity contribution in [2.24, 2.45) is 5.92 Å². The van der Waals surface area contributed by atoms with Crippen molar-refractivity contribution in [3.8, 4) is 11.5 Å². The Balaban J connectivity index is 1.55. The number of fused-ring (bicyclic) bond motifs is 1. The topological polar surface area (TPSA) is 21.7 Å². The maximum atomic E-state index is 5.43. The van der Waals surface area contributed by atoms with Gasteiger partial charge >= 0.3 is 0 Å². The third kappa shape index (κ3) is 4.56.